The molecule has 1 fully saturated rings. The Morgan fingerprint density at radius 1 is 1.50 bits per heavy atom. The van der Waals surface area contributed by atoms with E-state index in [1.54, 1.807) is 20.0 Å². The van der Waals surface area contributed by atoms with Crippen LogP contribution in [0.15, 0.2) is 15.5 Å². The van der Waals surface area contributed by atoms with Crippen LogP contribution in [-0.4, -0.2) is 44.1 Å². The monoisotopic (exact) mass is 279 g/mol. The first-order valence-corrected chi connectivity index (χ1v) is 6.79. The van der Waals surface area contributed by atoms with Crippen molar-refractivity contribution in [3.8, 4) is 0 Å². The maximum atomic E-state index is 11.5. The summed E-state index contributed by atoms with van der Waals surface area (Å²) in [4.78, 5) is 18.0. The Kier molecular flexibility index (Phi) is 4.65. The van der Waals surface area contributed by atoms with Crippen molar-refractivity contribution in [1.82, 2.24) is 10.2 Å². The van der Waals surface area contributed by atoms with Gasteiger partial charge < -0.3 is 19.4 Å². The smallest absolute Gasteiger partial charge is 0.341 e. The number of rotatable bonds is 3. The van der Waals surface area contributed by atoms with E-state index >= 15 is 0 Å². The van der Waals surface area contributed by atoms with Gasteiger partial charge in [0.25, 0.3) is 0 Å². The van der Waals surface area contributed by atoms with E-state index in [0.717, 1.165) is 19.0 Å². The molecular formula is C14H21N3O3. The first kappa shape index (κ1) is 14.4. The molecule has 0 radical (unpaired) electrons. The van der Waals surface area contributed by atoms with Gasteiger partial charge in [0.15, 0.2) is 5.96 Å². The Morgan fingerprint density at radius 3 is 2.80 bits per heavy atom. The summed E-state index contributed by atoms with van der Waals surface area (Å²) in [6.07, 6.45) is 2.40. The molecule has 0 bridgehead atoms. The number of methoxy groups -OCH3 is 1. The van der Waals surface area contributed by atoms with Gasteiger partial charge in [0, 0.05) is 20.1 Å². The second kappa shape index (κ2) is 6.45. The van der Waals surface area contributed by atoms with E-state index in [2.05, 4.69) is 15.2 Å². The summed E-state index contributed by atoms with van der Waals surface area (Å²) >= 11 is 0. The molecule has 1 aliphatic heterocycles. The van der Waals surface area contributed by atoms with Gasteiger partial charge in [0.2, 0.25) is 0 Å². The maximum absolute atomic E-state index is 11.5. The highest BCUT2D eigenvalue weighted by Gasteiger charge is 2.18. The third-order valence-corrected chi connectivity index (χ3v) is 3.41. The summed E-state index contributed by atoms with van der Waals surface area (Å²) in [5.74, 6) is 1.77. The zero-order chi connectivity index (χ0) is 14.5. The van der Waals surface area contributed by atoms with Crippen molar-refractivity contribution in [2.75, 3.05) is 27.2 Å². The topological polar surface area (TPSA) is 67.1 Å². The van der Waals surface area contributed by atoms with Gasteiger partial charge in [-0.25, -0.2) is 4.79 Å². The van der Waals surface area contributed by atoms with Crippen LogP contribution in [0.3, 0.4) is 0 Å². The first-order valence-electron chi connectivity index (χ1n) is 6.79. The molecule has 1 aromatic heterocycles. The predicted octanol–water partition coefficient (Wildman–Crippen LogP) is 1.55. The molecule has 20 heavy (non-hydrogen) atoms. The van der Waals surface area contributed by atoms with Gasteiger partial charge in [0.1, 0.15) is 17.1 Å². The number of hydrogen-bond donors (Lipinski definition) is 1. The summed E-state index contributed by atoms with van der Waals surface area (Å²) in [6.45, 7) is 4.32. The van der Waals surface area contributed by atoms with Crippen LogP contribution < -0.4 is 5.32 Å². The van der Waals surface area contributed by atoms with Crippen LogP contribution in [0.4, 0.5) is 0 Å². The van der Waals surface area contributed by atoms with Crippen LogP contribution in [0.1, 0.15) is 34.7 Å². The molecule has 1 aliphatic rings. The van der Waals surface area contributed by atoms with E-state index in [0.29, 0.717) is 23.6 Å². The van der Waals surface area contributed by atoms with Gasteiger partial charge in [0.05, 0.1) is 13.7 Å². The van der Waals surface area contributed by atoms with Crippen LogP contribution in [0, 0.1) is 6.92 Å². The minimum absolute atomic E-state index is 0.374. The summed E-state index contributed by atoms with van der Waals surface area (Å²) in [7, 11) is 3.13. The fourth-order valence-corrected chi connectivity index (χ4v) is 2.37. The Labute approximate surface area is 118 Å². The number of aryl methyl sites for hydroxylation is 1. The lowest BCUT2D eigenvalue weighted by atomic mass is 10.2. The third-order valence-electron chi connectivity index (χ3n) is 3.41. The fourth-order valence-electron chi connectivity index (χ4n) is 2.37. The number of furan rings is 1. The van der Waals surface area contributed by atoms with Gasteiger partial charge >= 0.3 is 5.97 Å². The van der Waals surface area contributed by atoms with Gasteiger partial charge in [-0.15, -0.1) is 0 Å². The molecule has 1 saturated heterocycles. The van der Waals surface area contributed by atoms with E-state index < -0.39 is 0 Å². The number of carbonyl (C=O) groups is 1. The zero-order valence-corrected chi connectivity index (χ0v) is 12.2. The SMILES string of the molecule is CN=C(NCc1cc(C(=O)OC)c(C)o1)N1CCCC1. The Bertz CT molecular complexity index is 502. The number of carbonyl (C=O) groups excluding carboxylic acids is 1. The summed E-state index contributed by atoms with van der Waals surface area (Å²) in [5, 5.41) is 3.26. The molecule has 2 heterocycles. The molecule has 1 aromatic rings. The van der Waals surface area contributed by atoms with E-state index in [4.69, 9.17) is 9.15 Å². The molecule has 6 nitrogen and oxygen atoms in total. The van der Waals surface area contributed by atoms with E-state index in [1.807, 2.05) is 0 Å². The van der Waals surface area contributed by atoms with E-state index in [9.17, 15) is 4.79 Å². The lowest BCUT2D eigenvalue weighted by Gasteiger charge is -2.20. The van der Waals surface area contributed by atoms with E-state index in [-0.39, 0.29) is 5.97 Å². The number of aliphatic imine (C=N–C) groups is 1. The van der Waals surface area contributed by atoms with Gasteiger partial charge in [-0.2, -0.15) is 0 Å². The zero-order valence-electron chi connectivity index (χ0n) is 12.2. The second-order valence-corrected chi connectivity index (χ2v) is 4.77. The van der Waals surface area contributed by atoms with Crippen molar-refractivity contribution in [1.29, 1.82) is 0 Å². The largest absolute Gasteiger partial charge is 0.465 e. The van der Waals surface area contributed by atoms with Crippen LogP contribution in [0.25, 0.3) is 0 Å². The van der Waals surface area contributed by atoms with Crippen molar-refractivity contribution in [3.63, 3.8) is 0 Å². The van der Waals surface area contributed by atoms with Crippen molar-refractivity contribution in [2.24, 2.45) is 4.99 Å². The van der Waals surface area contributed by atoms with Crippen molar-refractivity contribution >= 4 is 11.9 Å². The van der Waals surface area contributed by atoms with Crippen LogP contribution in [0.5, 0.6) is 0 Å². The lowest BCUT2D eigenvalue weighted by Crippen LogP contribution is -2.39. The molecule has 0 saturated carbocycles. The number of nitrogens with zero attached hydrogens (tertiary/aromatic N) is 2. The summed E-state index contributed by atoms with van der Waals surface area (Å²) in [6, 6.07) is 1.71. The van der Waals surface area contributed by atoms with Crippen molar-refractivity contribution in [2.45, 2.75) is 26.3 Å². The molecular weight excluding hydrogens is 258 g/mol. The highest BCUT2D eigenvalue weighted by molar-refractivity contribution is 5.90. The summed E-state index contributed by atoms with van der Waals surface area (Å²) < 4.78 is 10.3. The number of ether oxygens (including phenoxy) is 1. The number of hydrogen-bond acceptors (Lipinski definition) is 4. The average molecular weight is 279 g/mol. The normalized spacial score (nSPS) is 15.6. The fraction of sp³-hybridized carbons (Fsp3) is 0.571. The highest BCUT2D eigenvalue weighted by Crippen LogP contribution is 2.16. The van der Waals surface area contributed by atoms with Gasteiger partial charge in [-0.1, -0.05) is 0 Å². The molecule has 1 N–H and O–H groups in total. The van der Waals surface area contributed by atoms with Crippen LogP contribution in [0.2, 0.25) is 0 Å². The van der Waals surface area contributed by atoms with E-state index in [1.165, 1.54) is 20.0 Å². The van der Waals surface area contributed by atoms with Crippen LogP contribution >= 0.6 is 0 Å². The third kappa shape index (κ3) is 3.12. The average Bonchev–Trinajstić information content (AvgIpc) is 3.09. The molecule has 0 amide bonds. The maximum Gasteiger partial charge on any atom is 0.341 e. The lowest BCUT2D eigenvalue weighted by molar-refractivity contribution is 0.0599. The number of esters is 1. The first-order chi connectivity index (χ1) is 9.65. The molecule has 0 aliphatic carbocycles. The Morgan fingerprint density at radius 2 is 2.20 bits per heavy atom. The van der Waals surface area contributed by atoms with Gasteiger partial charge in [-0.3, -0.25) is 4.99 Å². The van der Waals surface area contributed by atoms with Crippen LogP contribution in [-0.2, 0) is 11.3 Å². The molecule has 110 valence electrons. The molecule has 0 atom stereocenters. The minimum Gasteiger partial charge on any atom is -0.465 e. The van der Waals surface area contributed by atoms with Crippen molar-refractivity contribution in [3.05, 3.63) is 23.2 Å². The molecule has 2 rings (SSSR count). The molecule has 6 heteroatoms. The number of guanidine groups is 1. The molecule has 0 spiro atoms. The van der Waals surface area contributed by atoms with Crippen molar-refractivity contribution < 1.29 is 13.9 Å². The molecule has 0 unspecified atom stereocenters. The molecule has 0 aromatic carbocycles. The summed E-state index contributed by atoms with van der Waals surface area (Å²) in [5.41, 5.74) is 0.473. The quantitative estimate of drug-likeness (QED) is 0.516. The van der Waals surface area contributed by atoms with Gasteiger partial charge in [-0.05, 0) is 25.8 Å². The highest BCUT2D eigenvalue weighted by atomic mass is 16.5. The predicted molar refractivity (Wildman–Crippen MR) is 75.8 cm³/mol. The number of nitrogens with one attached hydrogen (secondary N) is 1. The Hall–Kier alpha value is -1.98. The minimum atomic E-state index is -0.374. The standard InChI is InChI=1S/C14H21N3O3/c1-10-12(13(18)19-3)8-11(20-10)9-16-14(15-2)17-6-4-5-7-17/h8H,4-7,9H2,1-3H3,(H,15,16). The number of likely N-dealkylation sites (tertiary alicyclic amines) is 1. The Balaban J connectivity index is 1.98. The second-order valence-electron chi connectivity index (χ2n) is 4.77.